The summed E-state index contributed by atoms with van der Waals surface area (Å²) in [6, 6.07) is 7.00. The third-order valence-electron chi connectivity index (χ3n) is 4.09. The van der Waals surface area contributed by atoms with Crippen LogP contribution in [-0.2, 0) is 24.1 Å². The SMILES string of the molecule is O=C(O)Cc1ccc(Oc2nc(-c3cnc(Cl)s3)nc3c2CCC3)cc1. The number of fused-ring (bicyclic) bond motifs is 1. The maximum Gasteiger partial charge on any atom is 0.307 e. The fraction of sp³-hybridized carbons (Fsp3) is 0.222. The number of carbonyl (C=O) groups is 1. The summed E-state index contributed by atoms with van der Waals surface area (Å²) >= 11 is 7.25. The summed E-state index contributed by atoms with van der Waals surface area (Å²) in [5.74, 6) is 0.853. The summed E-state index contributed by atoms with van der Waals surface area (Å²) in [5, 5.41) is 8.86. The van der Waals surface area contributed by atoms with Gasteiger partial charge in [-0.1, -0.05) is 35.1 Å². The van der Waals surface area contributed by atoms with Gasteiger partial charge >= 0.3 is 5.97 Å². The van der Waals surface area contributed by atoms with E-state index in [1.807, 2.05) is 0 Å². The Balaban J connectivity index is 1.65. The molecule has 0 atom stereocenters. The van der Waals surface area contributed by atoms with Crippen molar-refractivity contribution in [2.45, 2.75) is 25.7 Å². The highest BCUT2D eigenvalue weighted by Gasteiger charge is 2.22. The zero-order chi connectivity index (χ0) is 18.1. The first-order valence-electron chi connectivity index (χ1n) is 8.08. The van der Waals surface area contributed by atoms with Gasteiger partial charge in [0.1, 0.15) is 5.75 Å². The summed E-state index contributed by atoms with van der Waals surface area (Å²) in [4.78, 5) is 24.9. The molecule has 1 aromatic carbocycles. The number of aromatic nitrogens is 3. The highest BCUT2D eigenvalue weighted by Crippen LogP contribution is 2.35. The Kier molecular flexibility index (Phi) is 4.57. The molecule has 4 rings (SSSR count). The second kappa shape index (κ2) is 7.01. The van der Waals surface area contributed by atoms with Crippen LogP contribution in [-0.4, -0.2) is 26.0 Å². The summed E-state index contributed by atoms with van der Waals surface area (Å²) in [6.07, 6.45) is 4.44. The van der Waals surface area contributed by atoms with E-state index in [1.54, 1.807) is 30.5 Å². The van der Waals surface area contributed by atoms with E-state index in [0.29, 0.717) is 21.9 Å². The smallest absolute Gasteiger partial charge is 0.307 e. The van der Waals surface area contributed by atoms with Gasteiger partial charge in [-0.25, -0.2) is 9.97 Å². The van der Waals surface area contributed by atoms with Crippen molar-refractivity contribution in [2.24, 2.45) is 0 Å². The van der Waals surface area contributed by atoms with Gasteiger partial charge in [0.25, 0.3) is 0 Å². The van der Waals surface area contributed by atoms with E-state index >= 15 is 0 Å². The molecular weight excluding hydrogens is 374 g/mol. The molecule has 8 heteroatoms. The van der Waals surface area contributed by atoms with E-state index < -0.39 is 5.97 Å². The molecule has 0 saturated heterocycles. The van der Waals surface area contributed by atoms with Crippen LogP contribution in [0, 0.1) is 0 Å². The molecule has 1 N–H and O–H groups in total. The van der Waals surface area contributed by atoms with Gasteiger partial charge in [-0.15, -0.1) is 0 Å². The van der Waals surface area contributed by atoms with E-state index in [1.165, 1.54) is 11.3 Å². The van der Waals surface area contributed by atoms with Crippen molar-refractivity contribution >= 4 is 28.9 Å². The van der Waals surface area contributed by atoms with Crippen LogP contribution in [0.4, 0.5) is 0 Å². The van der Waals surface area contributed by atoms with E-state index in [2.05, 4.69) is 15.0 Å². The molecule has 0 radical (unpaired) electrons. The number of halogens is 1. The lowest BCUT2D eigenvalue weighted by Crippen LogP contribution is -2.01. The topological polar surface area (TPSA) is 85.2 Å². The number of carboxylic acids is 1. The third kappa shape index (κ3) is 3.54. The van der Waals surface area contributed by atoms with Crippen molar-refractivity contribution < 1.29 is 14.6 Å². The number of benzene rings is 1. The zero-order valence-corrected chi connectivity index (χ0v) is 15.2. The van der Waals surface area contributed by atoms with Crippen LogP contribution in [0.2, 0.25) is 4.47 Å². The first kappa shape index (κ1) is 16.9. The lowest BCUT2D eigenvalue weighted by molar-refractivity contribution is -0.136. The lowest BCUT2D eigenvalue weighted by Gasteiger charge is -2.11. The average Bonchev–Trinajstić information content (AvgIpc) is 3.25. The molecule has 2 heterocycles. The predicted octanol–water partition coefficient (Wildman–Crippen LogP) is 4.16. The molecule has 132 valence electrons. The number of rotatable bonds is 5. The predicted molar refractivity (Wildman–Crippen MR) is 98.0 cm³/mol. The minimum atomic E-state index is -0.861. The van der Waals surface area contributed by atoms with Gasteiger partial charge in [0.2, 0.25) is 5.88 Å². The van der Waals surface area contributed by atoms with Crippen molar-refractivity contribution in [3.05, 3.63) is 51.7 Å². The molecule has 26 heavy (non-hydrogen) atoms. The number of nitrogens with zero attached hydrogens (tertiary/aromatic N) is 3. The Morgan fingerprint density at radius 2 is 2.04 bits per heavy atom. The normalized spacial score (nSPS) is 12.8. The number of hydrogen-bond donors (Lipinski definition) is 1. The highest BCUT2D eigenvalue weighted by atomic mass is 35.5. The van der Waals surface area contributed by atoms with E-state index in [4.69, 9.17) is 21.4 Å². The number of ether oxygens (including phenoxy) is 1. The molecule has 6 nitrogen and oxygen atoms in total. The summed E-state index contributed by atoms with van der Waals surface area (Å²) in [7, 11) is 0. The van der Waals surface area contributed by atoms with E-state index in [9.17, 15) is 4.79 Å². The van der Waals surface area contributed by atoms with Crippen LogP contribution in [0.1, 0.15) is 23.2 Å². The number of carboxylic acid groups (broad SMARTS) is 1. The standard InChI is InChI=1S/C18H14ClN3O3S/c19-18-20-9-14(26-18)16-21-13-3-1-2-12(13)17(22-16)25-11-6-4-10(5-7-11)8-15(23)24/h4-7,9H,1-3,8H2,(H,23,24). The Morgan fingerprint density at radius 3 is 2.73 bits per heavy atom. The first-order valence-corrected chi connectivity index (χ1v) is 9.28. The van der Waals surface area contributed by atoms with Crippen molar-refractivity contribution in [1.29, 1.82) is 0 Å². The molecule has 1 aliphatic carbocycles. The fourth-order valence-corrected chi connectivity index (χ4v) is 3.78. The van der Waals surface area contributed by atoms with Crippen molar-refractivity contribution in [1.82, 2.24) is 15.0 Å². The second-order valence-corrected chi connectivity index (χ2v) is 7.54. The largest absolute Gasteiger partial charge is 0.481 e. The lowest BCUT2D eigenvalue weighted by atomic mass is 10.1. The molecule has 0 saturated carbocycles. The Morgan fingerprint density at radius 1 is 1.23 bits per heavy atom. The van der Waals surface area contributed by atoms with Crippen molar-refractivity contribution in [3.63, 3.8) is 0 Å². The van der Waals surface area contributed by atoms with Gasteiger partial charge in [-0.2, -0.15) is 4.98 Å². The third-order valence-corrected chi connectivity index (χ3v) is 5.20. The average molecular weight is 388 g/mol. The number of aryl methyl sites for hydroxylation is 1. The monoisotopic (exact) mass is 387 g/mol. The Hall–Kier alpha value is -2.51. The van der Waals surface area contributed by atoms with Crippen molar-refractivity contribution in [2.75, 3.05) is 0 Å². The van der Waals surface area contributed by atoms with E-state index in [0.717, 1.165) is 41.0 Å². The molecule has 3 aromatic rings. The minimum Gasteiger partial charge on any atom is -0.481 e. The maximum atomic E-state index is 10.8. The Bertz CT molecular complexity index is 972. The zero-order valence-electron chi connectivity index (χ0n) is 13.6. The molecule has 0 bridgehead atoms. The maximum absolute atomic E-state index is 10.8. The first-order chi connectivity index (χ1) is 12.6. The second-order valence-electron chi connectivity index (χ2n) is 5.93. The molecule has 0 spiro atoms. The molecule has 0 amide bonds. The molecule has 0 unspecified atom stereocenters. The number of hydrogen-bond acceptors (Lipinski definition) is 6. The van der Waals surface area contributed by atoms with Gasteiger partial charge in [-0.05, 0) is 37.0 Å². The van der Waals surface area contributed by atoms with Gasteiger partial charge < -0.3 is 9.84 Å². The van der Waals surface area contributed by atoms with Crippen LogP contribution in [0.5, 0.6) is 11.6 Å². The quantitative estimate of drug-likeness (QED) is 0.707. The summed E-state index contributed by atoms with van der Waals surface area (Å²) in [6.45, 7) is 0. The summed E-state index contributed by atoms with van der Waals surface area (Å²) in [5.41, 5.74) is 2.74. The summed E-state index contributed by atoms with van der Waals surface area (Å²) < 4.78 is 6.45. The molecular formula is C18H14ClN3O3S. The molecule has 1 aliphatic rings. The van der Waals surface area contributed by atoms with Gasteiger partial charge in [-0.3, -0.25) is 4.79 Å². The van der Waals surface area contributed by atoms with Gasteiger partial charge in [0.05, 0.1) is 23.2 Å². The van der Waals surface area contributed by atoms with Crippen LogP contribution < -0.4 is 4.74 Å². The van der Waals surface area contributed by atoms with Crippen LogP contribution in [0.25, 0.3) is 10.7 Å². The van der Waals surface area contributed by atoms with Crippen LogP contribution in [0.3, 0.4) is 0 Å². The molecule has 0 fully saturated rings. The van der Waals surface area contributed by atoms with E-state index in [-0.39, 0.29) is 6.42 Å². The highest BCUT2D eigenvalue weighted by molar-refractivity contribution is 7.18. The van der Waals surface area contributed by atoms with Gasteiger partial charge in [0.15, 0.2) is 10.3 Å². The van der Waals surface area contributed by atoms with Crippen LogP contribution in [0.15, 0.2) is 30.5 Å². The minimum absolute atomic E-state index is 0.0144. The van der Waals surface area contributed by atoms with Crippen LogP contribution >= 0.6 is 22.9 Å². The van der Waals surface area contributed by atoms with Crippen molar-refractivity contribution in [3.8, 4) is 22.3 Å². The Labute approximate surface area is 158 Å². The molecule has 2 aromatic heterocycles. The fourth-order valence-electron chi connectivity index (χ4n) is 2.91. The van der Waals surface area contributed by atoms with Gasteiger partial charge in [0, 0.05) is 5.56 Å². The number of thiazole rings is 1. The molecule has 0 aliphatic heterocycles. The number of aliphatic carboxylic acids is 1.